The highest BCUT2D eigenvalue weighted by Gasteiger charge is 2.13. The summed E-state index contributed by atoms with van der Waals surface area (Å²) in [6, 6.07) is 8.01. The van der Waals surface area contributed by atoms with Crippen LogP contribution in [0.2, 0.25) is 0 Å². The van der Waals surface area contributed by atoms with Crippen LogP contribution >= 0.6 is 0 Å². The molecule has 0 spiro atoms. The number of hydrogen-bond acceptors (Lipinski definition) is 4. The van der Waals surface area contributed by atoms with E-state index in [1.165, 1.54) is 11.1 Å². The van der Waals surface area contributed by atoms with Crippen LogP contribution in [0.4, 0.5) is 5.82 Å². The van der Waals surface area contributed by atoms with Crippen LogP contribution in [0.1, 0.15) is 11.1 Å². The van der Waals surface area contributed by atoms with E-state index in [4.69, 9.17) is 15.6 Å². The second-order valence-corrected chi connectivity index (χ2v) is 4.38. The zero-order valence-corrected chi connectivity index (χ0v) is 9.97. The third-order valence-corrected chi connectivity index (χ3v) is 3.14. The van der Waals surface area contributed by atoms with Crippen molar-refractivity contribution in [2.75, 3.05) is 12.3 Å². The van der Waals surface area contributed by atoms with Crippen molar-refractivity contribution in [2.24, 2.45) is 0 Å². The average Bonchev–Trinajstić information content (AvgIpc) is 2.96. The third-order valence-electron chi connectivity index (χ3n) is 3.14. The Morgan fingerprint density at radius 2 is 2.11 bits per heavy atom. The van der Waals surface area contributed by atoms with Crippen LogP contribution in [-0.2, 0) is 24.5 Å². The number of aromatic nitrogens is 2. The standard InChI is InChI=1S/C13H15N3O2/c14-13-6-12(15-16(13)3-4-17)9-1-2-10-7-18-8-11(10)5-9/h1-2,5-6,17H,3-4,7-8,14H2. The van der Waals surface area contributed by atoms with Gasteiger partial charge in [-0.3, -0.25) is 0 Å². The number of anilines is 1. The molecule has 0 radical (unpaired) electrons. The Morgan fingerprint density at radius 3 is 2.94 bits per heavy atom. The summed E-state index contributed by atoms with van der Waals surface area (Å²) < 4.78 is 7.00. The Morgan fingerprint density at radius 1 is 1.28 bits per heavy atom. The van der Waals surface area contributed by atoms with E-state index in [0.717, 1.165) is 11.3 Å². The van der Waals surface area contributed by atoms with Gasteiger partial charge in [-0.15, -0.1) is 0 Å². The molecule has 0 saturated heterocycles. The number of ether oxygens (including phenoxy) is 1. The molecule has 0 atom stereocenters. The summed E-state index contributed by atoms with van der Waals surface area (Å²) in [5, 5.41) is 13.3. The van der Waals surface area contributed by atoms with Crippen molar-refractivity contribution < 1.29 is 9.84 Å². The van der Waals surface area contributed by atoms with Crippen LogP contribution in [0, 0.1) is 0 Å². The fourth-order valence-corrected chi connectivity index (χ4v) is 2.18. The first-order valence-corrected chi connectivity index (χ1v) is 5.92. The molecule has 0 bridgehead atoms. The Labute approximate surface area is 105 Å². The van der Waals surface area contributed by atoms with Gasteiger partial charge in [0.25, 0.3) is 0 Å². The molecule has 3 N–H and O–H groups in total. The summed E-state index contributed by atoms with van der Waals surface area (Å²) in [6.45, 7) is 1.80. The number of hydrogen-bond donors (Lipinski definition) is 2. The highest BCUT2D eigenvalue weighted by molar-refractivity contribution is 5.64. The van der Waals surface area contributed by atoms with Crippen molar-refractivity contribution in [2.45, 2.75) is 19.8 Å². The van der Waals surface area contributed by atoms with Gasteiger partial charge in [-0.25, -0.2) is 4.68 Å². The Kier molecular flexibility index (Phi) is 2.77. The predicted octanol–water partition coefficient (Wildman–Crippen LogP) is 1.15. The van der Waals surface area contributed by atoms with E-state index in [-0.39, 0.29) is 6.61 Å². The van der Waals surface area contributed by atoms with E-state index in [1.807, 2.05) is 12.1 Å². The van der Waals surface area contributed by atoms with Gasteiger partial charge < -0.3 is 15.6 Å². The van der Waals surface area contributed by atoms with Gasteiger partial charge >= 0.3 is 0 Å². The van der Waals surface area contributed by atoms with Gasteiger partial charge in [0.2, 0.25) is 0 Å². The molecule has 0 fully saturated rings. The first-order chi connectivity index (χ1) is 8.78. The predicted molar refractivity (Wildman–Crippen MR) is 67.7 cm³/mol. The van der Waals surface area contributed by atoms with Crippen LogP contribution in [0.3, 0.4) is 0 Å². The van der Waals surface area contributed by atoms with Crippen LogP contribution in [0.15, 0.2) is 24.3 Å². The van der Waals surface area contributed by atoms with E-state index in [1.54, 1.807) is 4.68 Å². The maximum absolute atomic E-state index is 8.92. The Hall–Kier alpha value is -1.85. The fraction of sp³-hybridized carbons (Fsp3) is 0.308. The summed E-state index contributed by atoms with van der Waals surface area (Å²) >= 11 is 0. The lowest BCUT2D eigenvalue weighted by atomic mass is 10.0. The largest absolute Gasteiger partial charge is 0.394 e. The number of nitrogens with zero attached hydrogens (tertiary/aromatic N) is 2. The summed E-state index contributed by atoms with van der Waals surface area (Å²) in [7, 11) is 0. The monoisotopic (exact) mass is 245 g/mol. The number of nitrogen functional groups attached to an aromatic ring is 1. The zero-order valence-electron chi connectivity index (χ0n) is 9.97. The lowest BCUT2D eigenvalue weighted by Crippen LogP contribution is -2.07. The van der Waals surface area contributed by atoms with Crippen molar-refractivity contribution in [1.29, 1.82) is 0 Å². The molecule has 5 heteroatoms. The van der Waals surface area contributed by atoms with Gasteiger partial charge in [-0.2, -0.15) is 5.10 Å². The van der Waals surface area contributed by atoms with Crippen molar-refractivity contribution >= 4 is 5.82 Å². The highest BCUT2D eigenvalue weighted by atomic mass is 16.5. The minimum atomic E-state index is 0.0311. The van der Waals surface area contributed by atoms with Gasteiger partial charge in [-0.1, -0.05) is 12.1 Å². The Balaban J connectivity index is 1.97. The van der Waals surface area contributed by atoms with E-state index in [9.17, 15) is 0 Å². The topological polar surface area (TPSA) is 73.3 Å². The van der Waals surface area contributed by atoms with Crippen LogP contribution < -0.4 is 5.73 Å². The van der Waals surface area contributed by atoms with E-state index < -0.39 is 0 Å². The molecule has 1 aromatic heterocycles. The molecule has 2 heterocycles. The number of rotatable bonds is 3. The first-order valence-electron chi connectivity index (χ1n) is 5.92. The summed E-state index contributed by atoms with van der Waals surface area (Å²) in [6.07, 6.45) is 0. The minimum absolute atomic E-state index is 0.0311. The van der Waals surface area contributed by atoms with Gasteiger partial charge in [0, 0.05) is 11.6 Å². The molecular formula is C13H15N3O2. The summed E-state index contributed by atoms with van der Waals surface area (Å²) in [5.74, 6) is 0.566. The molecule has 94 valence electrons. The summed E-state index contributed by atoms with van der Waals surface area (Å²) in [5.41, 5.74) is 10.2. The molecule has 5 nitrogen and oxygen atoms in total. The quantitative estimate of drug-likeness (QED) is 0.851. The van der Waals surface area contributed by atoms with Gasteiger partial charge in [0.05, 0.1) is 32.1 Å². The van der Waals surface area contributed by atoms with Crippen LogP contribution in [0.25, 0.3) is 11.3 Å². The molecule has 18 heavy (non-hydrogen) atoms. The molecule has 2 aromatic rings. The highest BCUT2D eigenvalue weighted by Crippen LogP contribution is 2.27. The third kappa shape index (κ3) is 1.87. The molecule has 1 aromatic carbocycles. The van der Waals surface area contributed by atoms with E-state index in [2.05, 4.69) is 17.2 Å². The smallest absolute Gasteiger partial charge is 0.122 e. The van der Waals surface area contributed by atoms with Gasteiger partial charge in [0.1, 0.15) is 5.82 Å². The molecule has 0 saturated carbocycles. The van der Waals surface area contributed by atoms with Crippen molar-refractivity contribution in [3.8, 4) is 11.3 Å². The minimum Gasteiger partial charge on any atom is -0.394 e. The van der Waals surface area contributed by atoms with Crippen LogP contribution in [0.5, 0.6) is 0 Å². The van der Waals surface area contributed by atoms with E-state index >= 15 is 0 Å². The molecular weight excluding hydrogens is 230 g/mol. The summed E-state index contributed by atoms with van der Waals surface area (Å²) in [4.78, 5) is 0. The number of fused-ring (bicyclic) bond motifs is 1. The average molecular weight is 245 g/mol. The lowest BCUT2D eigenvalue weighted by molar-refractivity contribution is 0.134. The SMILES string of the molecule is Nc1cc(-c2ccc3c(c2)COC3)nn1CCO. The number of aliphatic hydroxyl groups is 1. The second kappa shape index (κ2) is 4.44. The van der Waals surface area contributed by atoms with Gasteiger partial charge in [0.15, 0.2) is 0 Å². The van der Waals surface area contributed by atoms with Crippen molar-refractivity contribution in [3.63, 3.8) is 0 Å². The Bertz CT molecular complexity index is 578. The van der Waals surface area contributed by atoms with E-state index in [0.29, 0.717) is 25.6 Å². The zero-order chi connectivity index (χ0) is 12.5. The maximum Gasteiger partial charge on any atom is 0.122 e. The number of aliphatic hydroxyl groups excluding tert-OH is 1. The lowest BCUT2D eigenvalue weighted by Gasteiger charge is -2.01. The van der Waals surface area contributed by atoms with Gasteiger partial charge in [-0.05, 0) is 17.2 Å². The second-order valence-electron chi connectivity index (χ2n) is 4.38. The molecule has 1 aliphatic rings. The fourth-order valence-electron chi connectivity index (χ4n) is 2.18. The van der Waals surface area contributed by atoms with Crippen LogP contribution in [-0.4, -0.2) is 21.5 Å². The van der Waals surface area contributed by atoms with Crippen molar-refractivity contribution in [3.05, 3.63) is 35.4 Å². The molecule has 0 unspecified atom stereocenters. The number of nitrogens with two attached hydrogens (primary N) is 1. The maximum atomic E-state index is 8.92. The molecule has 0 amide bonds. The molecule has 0 aliphatic carbocycles. The normalized spacial score (nSPS) is 13.8. The molecule has 1 aliphatic heterocycles. The number of benzene rings is 1. The van der Waals surface area contributed by atoms with Crippen molar-refractivity contribution in [1.82, 2.24) is 9.78 Å². The first kappa shape index (κ1) is 11.3. The molecule has 3 rings (SSSR count).